The van der Waals surface area contributed by atoms with Crippen molar-refractivity contribution >= 4 is 0 Å². The highest BCUT2D eigenvalue weighted by atomic mass is 16.5. The molecule has 0 unspecified atom stereocenters. The maximum atomic E-state index is 9.48. The summed E-state index contributed by atoms with van der Waals surface area (Å²) >= 11 is 0. The van der Waals surface area contributed by atoms with Gasteiger partial charge < -0.3 is 14.6 Å². The monoisotopic (exact) mass is 313 g/mol. The van der Waals surface area contributed by atoms with Crippen LogP contribution in [-0.2, 0) is 12.8 Å². The Bertz CT molecular complexity index is 682. The Kier molecular flexibility index (Phi) is 4.44. The minimum Gasteiger partial charge on any atom is -0.508 e. The molecule has 122 valence electrons. The summed E-state index contributed by atoms with van der Waals surface area (Å²) < 4.78 is 11.2. The van der Waals surface area contributed by atoms with E-state index in [1.807, 2.05) is 18.2 Å². The second kappa shape index (κ2) is 6.50. The minimum atomic E-state index is 0.230. The Morgan fingerprint density at radius 3 is 2.48 bits per heavy atom. The number of fused-ring (bicyclic) bond motifs is 1. The van der Waals surface area contributed by atoms with Crippen molar-refractivity contribution in [2.24, 2.45) is 0 Å². The van der Waals surface area contributed by atoms with Gasteiger partial charge in [-0.15, -0.1) is 0 Å². The van der Waals surface area contributed by atoms with E-state index in [4.69, 9.17) is 9.47 Å². The van der Waals surface area contributed by atoms with Crippen molar-refractivity contribution in [3.8, 4) is 17.2 Å². The van der Waals surface area contributed by atoms with Gasteiger partial charge >= 0.3 is 0 Å². The van der Waals surface area contributed by atoms with E-state index >= 15 is 0 Å². The molecule has 4 nitrogen and oxygen atoms in total. The summed E-state index contributed by atoms with van der Waals surface area (Å²) in [5.41, 5.74) is 3.73. The van der Waals surface area contributed by atoms with Crippen LogP contribution in [0.2, 0.25) is 0 Å². The first-order chi connectivity index (χ1) is 11.1. The number of rotatable bonds is 4. The molecule has 23 heavy (non-hydrogen) atoms. The molecular formula is C19H23NO3. The van der Waals surface area contributed by atoms with Crippen LogP contribution in [0.3, 0.4) is 0 Å². The number of aromatic hydroxyl groups is 1. The summed E-state index contributed by atoms with van der Waals surface area (Å²) in [5, 5.41) is 9.48. The zero-order valence-corrected chi connectivity index (χ0v) is 13.9. The topological polar surface area (TPSA) is 41.9 Å². The van der Waals surface area contributed by atoms with E-state index in [0.29, 0.717) is 5.75 Å². The molecule has 3 rings (SSSR count). The third-order valence-corrected chi connectivity index (χ3v) is 4.64. The Hall–Kier alpha value is -2.20. The smallest absolute Gasteiger partial charge is 0.165 e. The fraction of sp³-hybridized carbons (Fsp3) is 0.368. The van der Waals surface area contributed by atoms with E-state index in [1.165, 1.54) is 16.7 Å². The summed E-state index contributed by atoms with van der Waals surface area (Å²) in [6.07, 6.45) is 1.88. The van der Waals surface area contributed by atoms with E-state index in [9.17, 15) is 5.11 Å². The number of phenolic OH excluding ortho intramolecular Hbond substituents is 1. The van der Waals surface area contributed by atoms with Crippen molar-refractivity contribution in [3.63, 3.8) is 0 Å². The lowest BCUT2D eigenvalue weighted by atomic mass is 9.88. The predicted octanol–water partition coefficient (Wildman–Crippen LogP) is 3.18. The fourth-order valence-electron chi connectivity index (χ4n) is 3.36. The van der Waals surface area contributed by atoms with Crippen LogP contribution < -0.4 is 9.47 Å². The van der Waals surface area contributed by atoms with Gasteiger partial charge in [-0.1, -0.05) is 18.2 Å². The summed E-state index contributed by atoms with van der Waals surface area (Å²) in [6, 6.07) is 11.8. The molecule has 0 radical (unpaired) electrons. The van der Waals surface area contributed by atoms with Gasteiger partial charge in [0, 0.05) is 18.2 Å². The van der Waals surface area contributed by atoms with Gasteiger partial charge in [-0.05, 0) is 49.2 Å². The average Bonchev–Trinajstić information content (AvgIpc) is 2.58. The predicted molar refractivity (Wildman–Crippen MR) is 90.4 cm³/mol. The molecule has 1 N–H and O–H groups in total. The maximum Gasteiger partial charge on any atom is 0.165 e. The second-order valence-corrected chi connectivity index (χ2v) is 5.99. The van der Waals surface area contributed by atoms with Crippen LogP contribution in [0.1, 0.15) is 22.7 Å². The molecule has 0 aliphatic carbocycles. The highest BCUT2D eigenvalue weighted by Crippen LogP contribution is 2.42. The van der Waals surface area contributed by atoms with Crippen molar-refractivity contribution in [1.82, 2.24) is 4.90 Å². The quantitative estimate of drug-likeness (QED) is 0.941. The Labute approximate surface area is 137 Å². The lowest BCUT2D eigenvalue weighted by molar-refractivity contribution is 0.220. The Balaban J connectivity index is 2.02. The third-order valence-electron chi connectivity index (χ3n) is 4.64. The first-order valence-corrected chi connectivity index (χ1v) is 7.86. The van der Waals surface area contributed by atoms with Crippen LogP contribution >= 0.6 is 0 Å². The number of phenols is 1. The van der Waals surface area contributed by atoms with Crippen LogP contribution in [0.25, 0.3) is 0 Å². The summed E-state index contributed by atoms with van der Waals surface area (Å²) in [5.74, 6) is 1.91. The molecule has 4 heteroatoms. The van der Waals surface area contributed by atoms with E-state index in [0.717, 1.165) is 30.9 Å². The number of hydrogen-bond donors (Lipinski definition) is 1. The number of methoxy groups -OCH3 is 2. The molecule has 0 amide bonds. The molecule has 0 saturated carbocycles. The van der Waals surface area contributed by atoms with Crippen LogP contribution in [0, 0.1) is 0 Å². The molecule has 1 heterocycles. The normalized spacial score (nSPS) is 17.6. The van der Waals surface area contributed by atoms with Crippen molar-refractivity contribution in [3.05, 3.63) is 53.1 Å². The molecule has 0 bridgehead atoms. The standard InChI is InChI=1S/C19H23NO3/c1-20-11-10-14-6-9-17(22-2)19(23-3)18(14)16(20)12-13-4-7-15(21)8-5-13/h4-9,16,21H,10-12H2,1-3H3/t16-/m0/s1. The number of likely N-dealkylation sites (N-methyl/N-ethyl adjacent to an activating group) is 1. The molecule has 2 aromatic carbocycles. The molecule has 0 aromatic heterocycles. The highest BCUT2D eigenvalue weighted by Gasteiger charge is 2.30. The lowest BCUT2D eigenvalue weighted by Crippen LogP contribution is -2.33. The maximum absolute atomic E-state index is 9.48. The van der Waals surface area contributed by atoms with Gasteiger partial charge in [-0.2, -0.15) is 0 Å². The first kappa shape index (κ1) is 15.7. The van der Waals surface area contributed by atoms with Gasteiger partial charge in [-0.3, -0.25) is 4.90 Å². The van der Waals surface area contributed by atoms with Crippen LogP contribution in [0.4, 0.5) is 0 Å². The zero-order chi connectivity index (χ0) is 16.4. The van der Waals surface area contributed by atoms with E-state index in [2.05, 4.69) is 18.0 Å². The minimum absolute atomic E-state index is 0.230. The largest absolute Gasteiger partial charge is 0.508 e. The molecule has 1 aliphatic heterocycles. The molecule has 0 spiro atoms. The number of hydrogen-bond acceptors (Lipinski definition) is 4. The lowest BCUT2D eigenvalue weighted by Gasteiger charge is -2.36. The molecule has 1 atom stereocenters. The molecule has 0 fully saturated rings. The highest BCUT2D eigenvalue weighted by molar-refractivity contribution is 5.53. The third kappa shape index (κ3) is 2.99. The van der Waals surface area contributed by atoms with Gasteiger partial charge in [-0.25, -0.2) is 0 Å². The van der Waals surface area contributed by atoms with Gasteiger partial charge in [0.1, 0.15) is 5.75 Å². The van der Waals surface area contributed by atoms with E-state index in [1.54, 1.807) is 26.4 Å². The number of ether oxygens (including phenoxy) is 2. The zero-order valence-electron chi connectivity index (χ0n) is 13.9. The van der Waals surface area contributed by atoms with Crippen LogP contribution in [-0.4, -0.2) is 37.8 Å². The van der Waals surface area contributed by atoms with Crippen LogP contribution in [0.15, 0.2) is 36.4 Å². The molecule has 0 saturated heterocycles. The van der Waals surface area contributed by atoms with Crippen molar-refractivity contribution in [2.75, 3.05) is 27.8 Å². The summed E-state index contributed by atoms with van der Waals surface area (Å²) in [6.45, 7) is 1.02. The van der Waals surface area contributed by atoms with Gasteiger partial charge in [0.2, 0.25) is 0 Å². The number of benzene rings is 2. The van der Waals surface area contributed by atoms with E-state index < -0.39 is 0 Å². The first-order valence-electron chi connectivity index (χ1n) is 7.86. The van der Waals surface area contributed by atoms with Gasteiger partial charge in [0.25, 0.3) is 0 Å². The second-order valence-electron chi connectivity index (χ2n) is 5.99. The average molecular weight is 313 g/mol. The van der Waals surface area contributed by atoms with Crippen molar-refractivity contribution < 1.29 is 14.6 Å². The fourth-order valence-corrected chi connectivity index (χ4v) is 3.36. The Morgan fingerprint density at radius 2 is 1.83 bits per heavy atom. The number of nitrogens with zero attached hydrogens (tertiary/aromatic N) is 1. The van der Waals surface area contributed by atoms with Crippen molar-refractivity contribution in [2.45, 2.75) is 18.9 Å². The Morgan fingerprint density at radius 1 is 1.09 bits per heavy atom. The van der Waals surface area contributed by atoms with Gasteiger partial charge in [0.15, 0.2) is 11.5 Å². The van der Waals surface area contributed by atoms with E-state index in [-0.39, 0.29) is 6.04 Å². The summed E-state index contributed by atoms with van der Waals surface area (Å²) in [4.78, 5) is 2.36. The summed E-state index contributed by atoms with van der Waals surface area (Å²) in [7, 11) is 5.52. The molecule has 2 aromatic rings. The van der Waals surface area contributed by atoms with Gasteiger partial charge in [0.05, 0.1) is 14.2 Å². The molecule has 1 aliphatic rings. The SMILES string of the molecule is COc1ccc2c(c1OC)[C@H](Cc1ccc(O)cc1)N(C)CC2. The van der Waals surface area contributed by atoms with Crippen LogP contribution in [0.5, 0.6) is 17.2 Å². The molecular weight excluding hydrogens is 290 g/mol. The van der Waals surface area contributed by atoms with Crippen molar-refractivity contribution in [1.29, 1.82) is 0 Å².